The average Bonchev–Trinajstić information content (AvgIpc) is 2.96. The van der Waals surface area contributed by atoms with E-state index in [0.717, 1.165) is 18.6 Å². The molecule has 1 aromatic heterocycles. The highest BCUT2D eigenvalue weighted by atomic mass is 16.5. The maximum Gasteiger partial charge on any atom is 0.103 e. The smallest absolute Gasteiger partial charge is 0.103 e. The quantitative estimate of drug-likeness (QED) is 0.571. The van der Waals surface area contributed by atoms with E-state index in [9.17, 15) is 5.11 Å². The van der Waals surface area contributed by atoms with Gasteiger partial charge in [-0.1, -0.05) is 0 Å². The molecule has 0 aliphatic carbocycles. The van der Waals surface area contributed by atoms with Crippen LogP contribution in [-0.4, -0.2) is 50.2 Å². The lowest BCUT2D eigenvalue weighted by atomic mass is 10.1. The van der Waals surface area contributed by atoms with Gasteiger partial charge in [0.05, 0.1) is 32.2 Å². The lowest BCUT2D eigenvalue weighted by Gasteiger charge is -2.17. The summed E-state index contributed by atoms with van der Waals surface area (Å²) in [5.74, 6) is 0.999. The van der Waals surface area contributed by atoms with E-state index in [2.05, 4.69) is 12.2 Å². The Morgan fingerprint density at radius 3 is 2.85 bits per heavy atom. The van der Waals surface area contributed by atoms with E-state index in [0.29, 0.717) is 39.0 Å². The van der Waals surface area contributed by atoms with E-state index in [1.807, 2.05) is 19.1 Å². The number of hydrogen-bond donors (Lipinski definition) is 2. The number of aliphatic hydroxyl groups excluding tert-OH is 1. The Bertz CT molecular complexity index is 316. The van der Waals surface area contributed by atoms with Crippen LogP contribution in [0, 0.1) is 0 Å². The monoisotopic (exact) mass is 285 g/mol. The van der Waals surface area contributed by atoms with Crippen LogP contribution in [0.4, 0.5) is 0 Å². The van der Waals surface area contributed by atoms with Crippen molar-refractivity contribution in [2.45, 2.75) is 38.8 Å². The van der Waals surface area contributed by atoms with Gasteiger partial charge in [-0.25, -0.2) is 0 Å². The molecule has 0 aliphatic rings. The first-order chi connectivity index (χ1) is 9.72. The Kier molecular flexibility index (Phi) is 9.32. The van der Waals surface area contributed by atoms with Crippen LogP contribution in [0.3, 0.4) is 0 Å². The topological polar surface area (TPSA) is 63.9 Å². The Balaban J connectivity index is 1.97. The van der Waals surface area contributed by atoms with E-state index in [1.165, 1.54) is 0 Å². The van der Waals surface area contributed by atoms with E-state index < -0.39 is 6.10 Å². The molecule has 20 heavy (non-hydrogen) atoms. The summed E-state index contributed by atoms with van der Waals surface area (Å²) in [5.41, 5.74) is 0. The van der Waals surface area contributed by atoms with Gasteiger partial charge < -0.3 is 24.3 Å². The van der Waals surface area contributed by atoms with Crippen LogP contribution < -0.4 is 5.32 Å². The predicted molar refractivity (Wildman–Crippen MR) is 77.8 cm³/mol. The predicted octanol–water partition coefficient (Wildman–Crippen LogP) is 1.60. The van der Waals surface area contributed by atoms with Crippen molar-refractivity contribution in [2.24, 2.45) is 0 Å². The fourth-order valence-corrected chi connectivity index (χ4v) is 1.79. The molecule has 0 bridgehead atoms. The third kappa shape index (κ3) is 8.32. The summed E-state index contributed by atoms with van der Waals surface area (Å²) < 4.78 is 15.8. The summed E-state index contributed by atoms with van der Waals surface area (Å²) in [6.45, 7) is 6.73. The normalized spacial score (nSPS) is 14.3. The second kappa shape index (κ2) is 10.9. The number of furan rings is 1. The van der Waals surface area contributed by atoms with Crippen molar-refractivity contribution in [1.82, 2.24) is 5.32 Å². The molecule has 116 valence electrons. The van der Waals surface area contributed by atoms with Gasteiger partial charge in [0.25, 0.3) is 0 Å². The van der Waals surface area contributed by atoms with Crippen LogP contribution >= 0.6 is 0 Å². The molecule has 2 N–H and O–H groups in total. The minimum atomic E-state index is -0.484. The largest absolute Gasteiger partial charge is 0.469 e. The van der Waals surface area contributed by atoms with Gasteiger partial charge >= 0.3 is 0 Å². The second-order valence-corrected chi connectivity index (χ2v) is 4.85. The minimum absolute atomic E-state index is 0.332. The van der Waals surface area contributed by atoms with Crippen LogP contribution in [0.1, 0.15) is 26.0 Å². The van der Waals surface area contributed by atoms with Gasteiger partial charge in [0, 0.05) is 25.6 Å². The first-order valence-electron chi connectivity index (χ1n) is 7.31. The van der Waals surface area contributed by atoms with Crippen molar-refractivity contribution >= 4 is 0 Å². The lowest BCUT2D eigenvalue weighted by molar-refractivity contribution is 0.00581. The number of nitrogens with one attached hydrogen (secondary N) is 1. The Morgan fingerprint density at radius 1 is 1.35 bits per heavy atom. The molecule has 0 saturated carbocycles. The third-order valence-corrected chi connectivity index (χ3v) is 2.99. The van der Waals surface area contributed by atoms with E-state index in [1.54, 1.807) is 6.26 Å². The van der Waals surface area contributed by atoms with Gasteiger partial charge in [-0.2, -0.15) is 0 Å². The first kappa shape index (κ1) is 17.2. The molecule has 2 unspecified atom stereocenters. The molecule has 0 aliphatic heterocycles. The van der Waals surface area contributed by atoms with Gasteiger partial charge in [0.1, 0.15) is 5.76 Å². The summed E-state index contributed by atoms with van der Waals surface area (Å²) in [7, 11) is 0. The van der Waals surface area contributed by atoms with Crippen LogP contribution in [-0.2, 0) is 15.9 Å². The highest BCUT2D eigenvalue weighted by Crippen LogP contribution is 2.05. The second-order valence-electron chi connectivity index (χ2n) is 4.85. The van der Waals surface area contributed by atoms with E-state index in [4.69, 9.17) is 13.9 Å². The van der Waals surface area contributed by atoms with Crippen molar-refractivity contribution in [2.75, 3.05) is 33.0 Å². The molecule has 1 aromatic rings. The number of rotatable bonds is 12. The highest BCUT2D eigenvalue weighted by molar-refractivity contribution is 4.98. The Labute approximate surface area is 121 Å². The van der Waals surface area contributed by atoms with Gasteiger partial charge in [-0.15, -0.1) is 0 Å². The van der Waals surface area contributed by atoms with Crippen LogP contribution in [0.15, 0.2) is 22.8 Å². The zero-order valence-electron chi connectivity index (χ0n) is 12.5. The fourth-order valence-electron chi connectivity index (χ4n) is 1.79. The summed E-state index contributed by atoms with van der Waals surface area (Å²) in [5, 5.41) is 13.1. The summed E-state index contributed by atoms with van der Waals surface area (Å²) >= 11 is 0. The van der Waals surface area contributed by atoms with Crippen molar-refractivity contribution in [1.29, 1.82) is 0 Å². The highest BCUT2D eigenvalue weighted by Gasteiger charge is 2.08. The summed E-state index contributed by atoms with van der Waals surface area (Å²) in [4.78, 5) is 0. The maximum absolute atomic E-state index is 9.76. The zero-order chi connectivity index (χ0) is 14.6. The molecule has 0 spiro atoms. The molecule has 0 aromatic carbocycles. The van der Waals surface area contributed by atoms with Crippen molar-refractivity contribution in [3.05, 3.63) is 24.2 Å². The number of ether oxygens (including phenoxy) is 2. The van der Waals surface area contributed by atoms with E-state index >= 15 is 0 Å². The molecule has 0 saturated heterocycles. The maximum atomic E-state index is 9.76. The third-order valence-electron chi connectivity index (χ3n) is 2.99. The summed E-state index contributed by atoms with van der Waals surface area (Å²) in [6, 6.07) is 4.21. The summed E-state index contributed by atoms with van der Waals surface area (Å²) in [6.07, 6.45) is 3.09. The molecule has 0 radical (unpaired) electrons. The van der Waals surface area contributed by atoms with Crippen molar-refractivity contribution < 1.29 is 19.0 Å². The minimum Gasteiger partial charge on any atom is -0.469 e. The molecule has 1 rings (SSSR count). The van der Waals surface area contributed by atoms with Crippen molar-refractivity contribution in [3.63, 3.8) is 0 Å². The van der Waals surface area contributed by atoms with Crippen LogP contribution in [0.25, 0.3) is 0 Å². The van der Waals surface area contributed by atoms with Gasteiger partial charge in [-0.05, 0) is 32.4 Å². The zero-order valence-corrected chi connectivity index (χ0v) is 12.5. The van der Waals surface area contributed by atoms with Gasteiger partial charge in [0.15, 0.2) is 0 Å². The Hall–Kier alpha value is -0.880. The first-order valence-corrected chi connectivity index (χ1v) is 7.31. The Morgan fingerprint density at radius 2 is 2.15 bits per heavy atom. The molecule has 0 amide bonds. The molecular weight excluding hydrogens is 258 g/mol. The molecular formula is C15H27NO4. The van der Waals surface area contributed by atoms with Crippen LogP contribution in [0.2, 0.25) is 0 Å². The average molecular weight is 285 g/mol. The number of aliphatic hydroxyl groups is 1. The SMILES string of the molecule is CCOCCOCC(O)CNC(C)CCc1ccco1. The lowest BCUT2D eigenvalue weighted by Crippen LogP contribution is -2.36. The van der Waals surface area contributed by atoms with Gasteiger partial charge in [-0.3, -0.25) is 0 Å². The number of aryl methyl sites for hydroxylation is 1. The molecule has 1 heterocycles. The van der Waals surface area contributed by atoms with Crippen molar-refractivity contribution in [3.8, 4) is 0 Å². The van der Waals surface area contributed by atoms with Crippen LogP contribution in [0.5, 0.6) is 0 Å². The van der Waals surface area contributed by atoms with E-state index in [-0.39, 0.29) is 0 Å². The fraction of sp³-hybridized carbons (Fsp3) is 0.733. The molecule has 5 nitrogen and oxygen atoms in total. The molecule has 0 fully saturated rings. The molecule has 2 atom stereocenters. The van der Waals surface area contributed by atoms with Gasteiger partial charge in [0.2, 0.25) is 0 Å². The standard InChI is InChI=1S/C15H27NO4/c1-3-18-9-10-19-12-14(17)11-16-13(2)6-7-15-5-4-8-20-15/h4-5,8,13-14,16-17H,3,6-7,9-12H2,1-2H3. The molecule has 5 heteroatoms. The number of hydrogen-bond acceptors (Lipinski definition) is 5.